The van der Waals surface area contributed by atoms with E-state index in [9.17, 15) is 9.18 Å². The van der Waals surface area contributed by atoms with Crippen LogP contribution in [0.1, 0.15) is 18.1 Å². The number of ether oxygens (including phenoxy) is 1. The average Bonchev–Trinajstić information content (AvgIpc) is 3.02. The van der Waals surface area contributed by atoms with Crippen LogP contribution in [0.3, 0.4) is 0 Å². The monoisotopic (exact) mass is 405 g/mol. The van der Waals surface area contributed by atoms with Gasteiger partial charge in [0.15, 0.2) is 11.5 Å². The molecule has 0 saturated carbocycles. The third-order valence-corrected chi connectivity index (χ3v) is 5.11. The van der Waals surface area contributed by atoms with E-state index in [1.165, 1.54) is 22.9 Å². The highest BCUT2D eigenvalue weighted by molar-refractivity contribution is 5.60. The Morgan fingerprint density at radius 1 is 1.27 bits per heavy atom. The Morgan fingerprint density at radius 2 is 2.07 bits per heavy atom. The van der Waals surface area contributed by atoms with Crippen LogP contribution in [0, 0.1) is 12.4 Å². The molecule has 0 radical (unpaired) electrons. The number of pyridine rings is 1. The molecule has 0 spiro atoms. The first-order valence-corrected chi connectivity index (χ1v) is 9.59. The SMILES string of the molecule is [C-]#[N+]c1ccc([C@@H]2CN(c3nc(-c4ccncc4F)cc(=O)n3C)CCCO2)cc1. The molecule has 0 bridgehead atoms. The van der Waals surface area contributed by atoms with Crippen LogP contribution in [0.15, 0.2) is 53.6 Å². The number of hydrogen-bond donors (Lipinski definition) is 0. The topological polar surface area (TPSA) is 64.6 Å². The van der Waals surface area contributed by atoms with Gasteiger partial charge in [-0.05, 0) is 18.1 Å². The van der Waals surface area contributed by atoms with Crippen molar-refractivity contribution in [2.75, 3.05) is 24.6 Å². The molecule has 1 aliphatic heterocycles. The van der Waals surface area contributed by atoms with E-state index >= 15 is 0 Å². The van der Waals surface area contributed by atoms with Gasteiger partial charge in [-0.15, -0.1) is 0 Å². The van der Waals surface area contributed by atoms with Crippen molar-refractivity contribution in [1.29, 1.82) is 0 Å². The average molecular weight is 405 g/mol. The van der Waals surface area contributed by atoms with Gasteiger partial charge in [-0.25, -0.2) is 14.2 Å². The highest BCUT2D eigenvalue weighted by Gasteiger charge is 2.24. The van der Waals surface area contributed by atoms with Crippen molar-refractivity contribution in [1.82, 2.24) is 14.5 Å². The third kappa shape index (κ3) is 3.93. The molecule has 0 amide bonds. The number of nitrogens with zero attached hydrogens (tertiary/aromatic N) is 5. The normalized spacial score (nSPS) is 16.7. The lowest BCUT2D eigenvalue weighted by molar-refractivity contribution is 0.0685. The van der Waals surface area contributed by atoms with Crippen molar-refractivity contribution in [2.45, 2.75) is 12.5 Å². The van der Waals surface area contributed by atoms with E-state index in [1.807, 2.05) is 17.0 Å². The summed E-state index contributed by atoms with van der Waals surface area (Å²) >= 11 is 0. The first-order valence-electron chi connectivity index (χ1n) is 9.59. The van der Waals surface area contributed by atoms with Gasteiger partial charge in [0.2, 0.25) is 5.95 Å². The molecular weight excluding hydrogens is 385 g/mol. The molecular formula is C22H20FN5O2. The lowest BCUT2D eigenvalue weighted by Crippen LogP contribution is -2.34. The number of anilines is 1. The van der Waals surface area contributed by atoms with Crippen molar-refractivity contribution in [3.05, 3.63) is 81.9 Å². The zero-order chi connectivity index (χ0) is 21.1. The molecule has 1 atom stereocenters. The Kier molecular flexibility index (Phi) is 5.55. The largest absolute Gasteiger partial charge is 0.372 e. The van der Waals surface area contributed by atoms with E-state index in [4.69, 9.17) is 11.3 Å². The summed E-state index contributed by atoms with van der Waals surface area (Å²) in [6, 6.07) is 10.1. The molecule has 4 rings (SSSR count). The lowest BCUT2D eigenvalue weighted by atomic mass is 10.1. The quantitative estimate of drug-likeness (QED) is 0.624. The van der Waals surface area contributed by atoms with E-state index < -0.39 is 5.82 Å². The minimum Gasteiger partial charge on any atom is -0.372 e. The zero-order valence-electron chi connectivity index (χ0n) is 16.5. The van der Waals surface area contributed by atoms with Crippen LogP contribution in [0.4, 0.5) is 16.0 Å². The maximum absolute atomic E-state index is 14.2. The van der Waals surface area contributed by atoms with E-state index in [0.29, 0.717) is 31.3 Å². The highest BCUT2D eigenvalue weighted by Crippen LogP contribution is 2.27. The van der Waals surface area contributed by atoms with Gasteiger partial charge >= 0.3 is 0 Å². The summed E-state index contributed by atoms with van der Waals surface area (Å²) < 4.78 is 21.7. The van der Waals surface area contributed by atoms with Gasteiger partial charge in [-0.3, -0.25) is 14.3 Å². The van der Waals surface area contributed by atoms with Crippen LogP contribution in [0.25, 0.3) is 16.1 Å². The Balaban J connectivity index is 1.70. The van der Waals surface area contributed by atoms with E-state index in [0.717, 1.165) is 18.2 Å². The standard InChI is InChI=1S/C22H20FN5O2/c1-24-16-6-4-15(5-7-16)20-14-28(10-3-11-30-20)22-26-19(12-21(29)27(22)2)17-8-9-25-13-18(17)23/h4-9,12-13,20H,3,10-11,14H2,2H3/t20-/m0/s1. The fraction of sp³-hybridized carbons (Fsp3) is 0.273. The molecule has 3 aromatic rings. The molecule has 30 heavy (non-hydrogen) atoms. The fourth-order valence-electron chi connectivity index (χ4n) is 3.50. The Hall–Kier alpha value is -3.57. The molecule has 1 aliphatic rings. The molecule has 8 heteroatoms. The van der Waals surface area contributed by atoms with Crippen molar-refractivity contribution in [2.24, 2.45) is 7.05 Å². The van der Waals surface area contributed by atoms with E-state index in [1.54, 1.807) is 19.2 Å². The van der Waals surface area contributed by atoms with Crippen molar-refractivity contribution >= 4 is 11.6 Å². The summed E-state index contributed by atoms with van der Waals surface area (Å²) in [6.45, 7) is 8.81. The van der Waals surface area contributed by atoms with Crippen LogP contribution in [0.5, 0.6) is 0 Å². The van der Waals surface area contributed by atoms with Gasteiger partial charge in [0.25, 0.3) is 5.56 Å². The maximum Gasteiger partial charge on any atom is 0.255 e. The maximum atomic E-state index is 14.2. The molecule has 0 N–H and O–H groups in total. The molecule has 7 nitrogen and oxygen atoms in total. The molecule has 152 valence electrons. The highest BCUT2D eigenvalue weighted by atomic mass is 19.1. The summed E-state index contributed by atoms with van der Waals surface area (Å²) in [5.41, 5.74) is 1.77. The summed E-state index contributed by atoms with van der Waals surface area (Å²) in [5, 5.41) is 0. The summed E-state index contributed by atoms with van der Waals surface area (Å²) in [5.74, 6) is -0.0665. The van der Waals surface area contributed by atoms with Gasteiger partial charge in [-0.2, -0.15) is 0 Å². The minimum atomic E-state index is -0.527. The number of halogens is 1. The van der Waals surface area contributed by atoms with Crippen LogP contribution in [0.2, 0.25) is 0 Å². The summed E-state index contributed by atoms with van der Waals surface area (Å²) in [4.78, 5) is 26.4. The van der Waals surface area contributed by atoms with Gasteiger partial charge in [0, 0.05) is 38.0 Å². The van der Waals surface area contributed by atoms with Crippen molar-refractivity contribution < 1.29 is 9.13 Å². The van der Waals surface area contributed by atoms with Crippen molar-refractivity contribution in [3.8, 4) is 11.3 Å². The predicted octanol–water partition coefficient (Wildman–Crippen LogP) is 3.50. The zero-order valence-corrected chi connectivity index (χ0v) is 16.5. The summed E-state index contributed by atoms with van der Waals surface area (Å²) in [7, 11) is 1.66. The van der Waals surface area contributed by atoms with Crippen LogP contribution < -0.4 is 10.5 Å². The molecule has 1 saturated heterocycles. The predicted molar refractivity (Wildman–Crippen MR) is 111 cm³/mol. The van der Waals surface area contributed by atoms with E-state index in [2.05, 4.69) is 14.8 Å². The van der Waals surface area contributed by atoms with Gasteiger partial charge in [-0.1, -0.05) is 24.3 Å². The number of rotatable bonds is 3. The lowest BCUT2D eigenvalue weighted by Gasteiger charge is -2.27. The third-order valence-electron chi connectivity index (χ3n) is 5.11. The van der Waals surface area contributed by atoms with Crippen LogP contribution >= 0.6 is 0 Å². The molecule has 2 aromatic heterocycles. The number of benzene rings is 1. The van der Waals surface area contributed by atoms with Gasteiger partial charge in [0.05, 0.1) is 31.1 Å². The number of hydrogen-bond acceptors (Lipinski definition) is 5. The molecule has 1 aromatic carbocycles. The smallest absolute Gasteiger partial charge is 0.255 e. The molecule has 0 aliphatic carbocycles. The van der Waals surface area contributed by atoms with Crippen molar-refractivity contribution in [3.63, 3.8) is 0 Å². The second-order valence-corrected chi connectivity index (χ2v) is 7.06. The Morgan fingerprint density at radius 3 is 2.80 bits per heavy atom. The Labute approximate surface area is 173 Å². The van der Waals surface area contributed by atoms with Crippen LogP contribution in [-0.4, -0.2) is 34.2 Å². The van der Waals surface area contributed by atoms with Gasteiger partial charge < -0.3 is 9.64 Å². The molecule has 0 unspecified atom stereocenters. The fourth-order valence-corrected chi connectivity index (χ4v) is 3.50. The minimum absolute atomic E-state index is 0.231. The summed E-state index contributed by atoms with van der Waals surface area (Å²) in [6.07, 6.45) is 3.11. The second-order valence-electron chi connectivity index (χ2n) is 7.06. The van der Waals surface area contributed by atoms with Crippen LogP contribution in [-0.2, 0) is 11.8 Å². The second kappa shape index (κ2) is 8.43. The van der Waals surface area contributed by atoms with E-state index in [-0.39, 0.29) is 22.9 Å². The molecule has 3 heterocycles. The van der Waals surface area contributed by atoms with Gasteiger partial charge in [0.1, 0.15) is 0 Å². The molecule has 1 fully saturated rings. The Bertz CT molecular complexity index is 1150. The first kappa shape index (κ1) is 19.7. The first-order chi connectivity index (χ1) is 14.6. The number of aromatic nitrogens is 3.